The van der Waals surface area contributed by atoms with E-state index >= 15 is 0 Å². The Morgan fingerprint density at radius 3 is 3.00 bits per heavy atom. The van der Waals surface area contributed by atoms with Gasteiger partial charge in [-0.25, -0.2) is 0 Å². The highest BCUT2D eigenvalue weighted by atomic mass is 16.5. The molecule has 0 bridgehead atoms. The maximum absolute atomic E-state index is 13.0. The van der Waals surface area contributed by atoms with Crippen molar-refractivity contribution in [3.05, 3.63) is 36.0 Å². The fourth-order valence-corrected chi connectivity index (χ4v) is 5.58. The van der Waals surface area contributed by atoms with Crippen LogP contribution in [0.2, 0.25) is 0 Å². The Kier molecular flexibility index (Phi) is 4.42. The Morgan fingerprint density at radius 2 is 2.17 bits per heavy atom. The molecule has 0 unspecified atom stereocenters. The lowest BCUT2D eigenvalue weighted by Gasteiger charge is -2.34. The molecule has 4 heterocycles. The van der Waals surface area contributed by atoms with Crippen LogP contribution >= 0.6 is 0 Å². The van der Waals surface area contributed by atoms with E-state index in [2.05, 4.69) is 31.0 Å². The highest BCUT2D eigenvalue weighted by Crippen LogP contribution is 2.49. The van der Waals surface area contributed by atoms with Crippen LogP contribution in [0.15, 0.2) is 30.5 Å². The van der Waals surface area contributed by atoms with E-state index in [1.54, 1.807) is 0 Å². The number of ether oxygens (including phenoxy) is 1. The average Bonchev–Trinajstić information content (AvgIpc) is 3.42. The molecule has 2 amide bonds. The normalized spacial score (nSPS) is 28.6. The van der Waals surface area contributed by atoms with Crippen LogP contribution < -0.4 is 0 Å². The fourth-order valence-electron chi connectivity index (χ4n) is 5.58. The second kappa shape index (κ2) is 6.87. The van der Waals surface area contributed by atoms with Crippen LogP contribution in [0.4, 0.5) is 0 Å². The van der Waals surface area contributed by atoms with E-state index in [0.29, 0.717) is 31.9 Å². The molecule has 3 atom stereocenters. The molecule has 3 aliphatic rings. The van der Waals surface area contributed by atoms with Gasteiger partial charge in [0.05, 0.1) is 25.1 Å². The van der Waals surface area contributed by atoms with E-state index in [1.807, 2.05) is 28.1 Å². The van der Waals surface area contributed by atoms with Crippen molar-refractivity contribution in [2.75, 3.05) is 13.2 Å². The molecule has 154 valence electrons. The number of para-hydroxylation sites is 1. The minimum Gasteiger partial charge on any atom is -0.361 e. The number of aromatic nitrogens is 1. The van der Waals surface area contributed by atoms with Gasteiger partial charge in [-0.05, 0) is 30.4 Å². The van der Waals surface area contributed by atoms with E-state index in [1.165, 1.54) is 10.9 Å². The van der Waals surface area contributed by atoms with E-state index in [-0.39, 0.29) is 23.9 Å². The van der Waals surface area contributed by atoms with Crippen molar-refractivity contribution in [2.24, 2.45) is 5.92 Å². The summed E-state index contributed by atoms with van der Waals surface area (Å²) < 4.78 is 6.23. The van der Waals surface area contributed by atoms with Gasteiger partial charge in [0.2, 0.25) is 11.8 Å². The topological polar surface area (TPSA) is 65.6 Å². The van der Waals surface area contributed by atoms with Crippen LogP contribution in [0.1, 0.15) is 45.1 Å². The molecule has 29 heavy (non-hydrogen) atoms. The van der Waals surface area contributed by atoms with Gasteiger partial charge < -0.3 is 19.5 Å². The number of likely N-dealkylation sites (tertiary alicyclic amines) is 1. The van der Waals surface area contributed by atoms with Crippen LogP contribution in [0.5, 0.6) is 0 Å². The summed E-state index contributed by atoms with van der Waals surface area (Å²) >= 11 is 0. The average molecular weight is 396 g/mol. The van der Waals surface area contributed by atoms with Crippen molar-refractivity contribution in [1.82, 2.24) is 14.8 Å². The number of carbonyl (C=O) groups is 2. The van der Waals surface area contributed by atoms with Gasteiger partial charge in [-0.15, -0.1) is 0 Å². The number of nitrogens with zero attached hydrogens (tertiary/aromatic N) is 2. The van der Waals surface area contributed by atoms with Crippen molar-refractivity contribution in [3.8, 4) is 0 Å². The Balaban J connectivity index is 1.24. The van der Waals surface area contributed by atoms with Gasteiger partial charge in [0.15, 0.2) is 5.72 Å². The minimum absolute atomic E-state index is 0.126. The van der Waals surface area contributed by atoms with Gasteiger partial charge in [0.1, 0.15) is 0 Å². The van der Waals surface area contributed by atoms with E-state index in [0.717, 1.165) is 24.8 Å². The third-order valence-corrected chi connectivity index (χ3v) is 7.09. The molecule has 3 aliphatic heterocycles. The second-order valence-corrected chi connectivity index (χ2v) is 9.00. The predicted molar refractivity (Wildman–Crippen MR) is 110 cm³/mol. The van der Waals surface area contributed by atoms with Crippen LogP contribution in [0.3, 0.4) is 0 Å². The van der Waals surface area contributed by atoms with Gasteiger partial charge in [0.25, 0.3) is 0 Å². The zero-order chi connectivity index (χ0) is 20.2. The molecule has 1 spiro atoms. The van der Waals surface area contributed by atoms with Crippen molar-refractivity contribution in [1.29, 1.82) is 0 Å². The first-order valence-electron chi connectivity index (χ1n) is 10.8. The number of aryl methyl sites for hydroxylation is 1. The zero-order valence-corrected chi connectivity index (χ0v) is 17.2. The number of H-pyrrole nitrogens is 1. The molecule has 3 fully saturated rings. The number of hydrogen-bond acceptors (Lipinski definition) is 3. The van der Waals surface area contributed by atoms with E-state index in [9.17, 15) is 9.59 Å². The lowest BCUT2D eigenvalue weighted by Crippen LogP contribution is -2.51. The van der Waals surface area contributed by atoms with Crippen LogP contribution in [-0.4, -0.2) is 57.6 Å². The molecule has 3 saturated heterocycles. The smallest absolute Gasteiger partial charge is 0.227 e. The summed E-state index contributed by atoms with van der Waals surface area (Å²) in [7, 11) is 0. The van der Waals surface area contributed by atoms with Crippen molar-refractivity contribution >= 4 is 22.7 Å². The predicted octanol–water partition coefficient (Wildman–Crippen LogP) is 3.07. The lowest BCUT2D eigenvalue weighted by atomic mass is 10.0. The summed E-state index contributed by atoms with van der Waals surface area (Å²) in [4.78, 5) is 33.0. The zero-order valence-electron chi connectivity index (χ0n) is 17.2. The molecule has 0 radical (unpaired) electrons. The van der Waals surface area contributed by atoms with Crippen LogP contribution in [0.25, 0.3) is 10.9 Å². The van der Waals surface area contributed by atoms with Crippen LogP contribution in [0, 0.1) is 5.92 Å². The Morgan fingerprint density at radius 1 is 1.34 bits per heavy atom. The number of rotatable bonds is 5. The summed E-state index contributed by atoms with van der Waals surface area (Å²) in [5.41, 5.74) is 1.82. The van der Waals surface area contributed by atoms with Gasteiger partial charge >= 0.3 is 0 Å². The fraction of sp³-hybridized carbons (Fsp3) is 0.565. The summed E-state index contributed by atoms with van der Waals surface area (Å²) in [5.74, 6) is 0.651. The summed E-state index contributed by atoms with van der Waals surface area (Å²) in [6.45, 7) is 5.54. The molecule has 6 nitrogen and oxygen atoms in total. The lowest BCUT2D eigenvalue weighted by molar-refractivity contribution is -0.141. The van der Waals surface area contributed by atoms with E-state index in [4.69, 9.17) is 4.74 Å². The molecule has 1 N–H and O–H groups in total. The minimum atomic E-state index is -0.571. The standard InChI is InChI=1S/C23H29N3O3/c1-15(2)19-14-29-23-10-11-25(20(23)12-22(28)26(19)23)21(27)9-5-6-16-13-24-18-8-4-3-7-17(16)18/h3-4,7-8,13,15,19-20,24H,5-6,9-12,14H2,1-2H3/t19-,20+,23-/m0/s1. The summed E-state index contributed by atoms with van der Waals surface area (Å²) in [6.07, 6.45) is 5.37. The molecular weight excluding hydrogens is 366 g/mol. The maximum Gasteiger partial charge on any atom is 0.227 e. The van der Waals surface area contributed by atoms with Gasteiger partial charge in [-0.1, -0.05) is 32.0 Å². The number of fused-ring (bicyclic) bond motifs is 1. The number of hydrogen-bond donors (Lipinski definition) is 1. The maximum atomic E-state index is 13.0. The van der Waals surface area contributed by atoms with Crippen LogP contribution in [-0.2, 0) is 20.7 Å². The SMILES string of the molecule is CC(C)[C@@H]1CO[C@@]23CCN(C(=O)CCCc4c[nH]c5ccccc45)[C@@H]2CC(=O)N13. The number of carbonyl (C=O) groups excluding carboxylic acids is 2. The Labute approximate surface area is 171 Å². The van der Waals surface area contributed by atoms with Crippen molar-refractivity contribution in [2.45, 2.75) is 63.8 Å². The molecular formula is C23H29N3O3. The molecule has 0 aliphatic carbocycles. The molecule has 6 heteroatoms. The third-order valence-electron chi connectivity index (χ3n) is 7.09. The van der Waals surface area contributed by atoms with Crippen molar-refractivity contribution < 1.29 is 14.3 Å². The molecule has 5 rings (SSSR count). The molecule has 1 aromatic heterocycles. The van der Waals surface area contributed by atoms with Gasteiger partial charge in [0, 0.05) is 36.5 Å². The Hall–Kier alpha value is -2.34. The first-order chi connectivity index (χ1) is 14.0. The highest BCUT2D eigenvalue weighted by molar-refractivity contribution is 5.85. The first-order valence-corrected chi connectivity index (χ1v) is 10.8. The molecule has 2 aromatic rings. The molecule has 1 aromatic carbocycles. The number of aromatic amines is 1. The summed E-state index contributed by atoms with van der Waals surface area (Å²) in [5, 5.41) is 1.23. The summed E-state index contributed by atoms with van der Waals surface area (Å²) in [6, 6.07) is 8.26. The van der Waals surface area contributed by atoms with Crippen molar-refractivity contribution in [3.63, 3.8) is 0 Å². The first kappa shape index (κ1) is 18.7. The quantitative estimate of drug-likeness (QED) is 0.846. The van der Waals surface area contributed by atoms with E-state index < -0.39 is 5.72 Å². The van der Waals surface area contributed by atoms with Gasteiger partial charge in [-0.2, -0.15) is 0 Å². The largest absolute Gasteiger partial charge is 0.361 e. The number of benzene rings is 1. The Bertz CT molecular complexity index is 952. The second-order valence-electron chi connectivity index (χ2n) is 9.00. The monoisotopic (exact) mass is 395 g/mol. The highest BCUT2D eigenvalue weighted by Gasteiger charge is 2.65. The number of amides is 2. The number of nitrogens with one attached hydrogen (secondary N) is 1. The third kappa shape index (κ3) is 2.80. The van der Waals surface area contributed by atoms with Gasteiger partial charge in [-0.3, -0.25) is 9.59 Å². The molecule has 0 saturated carbocycles.